The summed E-state index contributed by atoms with van der Waals surface area (Å²) >= 11 is 0. The van der Waals surface area contributed by atoms with Gasteiger partial charge in [-0.3, -0.25) is 9.89 Å². The second kappa shape index (κ2) is 12.6. The third-order valence-corrected chi connectivity index (χ3v) is 3.89. The normalized spacial score (nSPS) is 13.4. The van der Waals surface area contributed by atoms with Gasteiger partial charge in [0.15, 0.2) is 0 Å². The van der Waals surface area contributed by atoms with E-state index in [9.17, 15) is 24.3 Å². The molecule has 0 saturated carbocycles. The van der Waals surface area contributed by atoms with Crippen LogP contribution in [0.25, 0.3) is 0 Å². The molecule has 0 aliphatic heterocycles. The highest BCUT2D eigenvalue weighted by Crippen LogP contribution is 2.15. The zero-order valence-corrected chi connectivity index (χ0v) is 22.8. The van der Waals surface area contributed by atoms with E-state index in [0.717, 1.165) is 9.80 Å². The van der Waals surface area contributed by atoms with Gasteiger partial charge in [0.2, 0.25) is 5.96 Å². The zero-order chi connectivity index (χ0) is 27.8. The molecule has 202 valence electrons. The summed E-state index contributed by atoms with van der Waals surface area (Å²) < 4.78 is 15.9. The number of carbonyl (C=O) groups excluding carboxylic acids is 3. The molecule has 0 radical (unpaired) electrons. The molecule has 35 heavy (non-hydrogen) atoms. The highest BCUT2D eigenvalue weighted by Gasteiger charge is 2.32. The van der Waals surface area contributed by atoms with Gasteiger partial charge in [-0.25, -0.2) is 24.1 Å². The number of alkyl carbamates (subject to hydrolysis) is 1. The van der Waals surface area contributed by atoms with Crippen molar-refractivity contribution >= 4 is 30.2 Å². The lowest BCUT2D eigenvalue weighted by molar-refractivity contribution is -0.139. The number of carboxylic acids is 1. The number of amides is 3. The highest BCUT2D eigenvalue weighted by atomic mass is 16.6. The number of nitrogens with zero attached hydrogens (tertiary/aromatic N) is 3. The molecule has 0 saturated heterocycles. The van der Waals surface area contributed by atoms with E-state index in [1.807, 2.05) is 0 Å². The molecule has 2 N–H and O–H groups in total. The molecule has 0 aromatic rings. The molecule has 0 heterocycles. The molecular weight excluding hydrogens is 460 g/mol. The number of nitrogens with one attached hydrogen (secondary N) is 1. The van der Waals surface area contributed by atoms with Crippen molar-refractivity contribution in [2.24, 2.45) is 4.99 Å². The SMILES string of the molecule is C/N=C(\N(C)C(=O)OC(C)(C)C)N(CCCC(NC(=O)OC(C)(C)C)C(=O)O)C(=O)OC(C)(C)C. The topological polar surface area (TPSA) is 147 Å². The van der Waals surface area contributed by atoms with Crippen LogP contribution in [0.15, 0.2) is 4.99 Å². The average molecular weight is 503 g/mol. The van der Waals surface area contributed by atoms with Gasteiger partial charge >= 0.3 is 24.2 Å². The van der Waals surface area contributed by atoms with E-state index in [1.54, 1.807) is 62.3 Å². The van der Waals surface area contributed by atoms with Gasteiger partial charge in [0.05, 0.1) is 0 Å². The third kappa shape index (κ3) is 13.4. The van der Waals surface area contributed by atoms with Crippen LogP contribution in [0.2, 0.25) is 0 Å². The van der Waals surface area contributed by atoms with Crippen LogP contribution in [0.5, 0.6) is 0 Å². The first-order valence-electron chi connectivity index (χ1n) is 11.3. The Balaban J connectivity index is 5.64. The average Bonchev–Trinajstić information content (AvgIpc) is 2.61. The predicted octanol–water partition coefficient (Wildman–Crippen LogP) is 3.83. The number of carboxylic acid groups (broad SMARTS) is 1. The molecule has 0 rings (SSSR count). The number of guanidine groups is 1. The van der Waals surface area contributed by atoms with Crippen molar-refractivity contribution < 1.29 is 38.5 Å². The molecule has 1 atom stereocenters. The third-order valence-electron chi connectivity index (χ3n) is 3.89. The van der Waals surface area contributed by atoms with Crippen LogP contribution in [0.3, 0.4) is 0 Å². The number of hydrogen-bond acceptors (Lipinski definition) is 8. The van der Waals surface area contributed by atoms with Crippen molar-refractivity contribution in [1.29, 1.82) is 0 Å². The Hall–Kier alpha value is -3.05. The summed E-state index contributed by atoms with van der Waals surface area (Å²) in [6, 6.07) is -1.25. The first kappa shape index (κ1) is 31.9. The quantitative estimate of drug-likeness (QED) is 0.316. The first-order valence-corrected chi connectivity index (χ1v) is 11.3. The van der Waals surface area contributed by atoms with Crippen molar-refractivity contribution in [2.75, 3.05) is 20.6 Å². The monoisotopic (exact) mass is 502 g/mol. The zero-order valence-electron chi connectivity index (χ0n) is 22.8. The molecule has 3 amide bonds. The summed E-state index contributed by atoms with van der Waals surface area (Å²) in [5.74, 6) is -1.30. The molecule has 0 aromatic carbocycles. The summed E-state index contributed by atoms with van der Waals surface area (Å²) in [7, 11) is 2.80. The Bertz CT molecular complexity index is 791. The summed E-state index contributed by atoms with van der Waals surface area (Å²) in [6.07, 6.45) is -2.27. The maximum Gasteiger partial charge on any atom is 0.417 e. The molecule has 0 aromatic heterocycles. The fraction of sp³-hybridized carbons (Fsp3) is 0.783. The van der Waals surface area contributed by atoms with Crippen molar-refractivity contribution in [3.63, 3.8) is 0 Å². The number of rotatable bonds is 6. The van der Waals surface area contributed by atoms with Crippen molar-refractivity contribution in [2.45, 2.75) is 98.0 Å². The van der Waals surface area contributed by atoms with Crippen LogP contribution in [-0.4, -0.2) is 88.6 Å². The molecule has 0 aliphatic carbocycles. The lowest BCUT2D eigenvalue weighted by Gasteiger charge is -2.32. The highest BCUT2D eigenvalue weighted by molar-refractivity contribution is 6.01. The van der Waals surface area contributed by atoms with Gasteiger partial charge in [-0.05, 0) is 75.2 Å². The summed E-state index contributed by atoms with van der Waals surface area (Å²) in [5.41, 5.74) is -2.40. The van der Waals surface area contributed by atoms with E-state index in [0.29, 0.717) is 0 Å². The van der Waals surface area contributed by atoms with E-state index in [4.69, 9.17) is 14.2 Å². The maximum absolute atomic E-state index is 13.0. The van der Waals surface area contributed by atoms with Gasteiger partial charge in [-0.1, -0.05) is 0 Å². The van der Waals surface area contributed by atoms with Crippen LogP contribution < -0.4 is 5.32 Å². The van der Waals surface area contributed by atoms with E-state index >= 15 is 0 Å². The maximum atomic E-state index is 13.0. The van der Waals surface area contributed by atoms with Crippen LogP contribution in [0.1, 0.15) is 75.2 Å². The van der Waals surface area contributed by atoms with Crippen molar-refractivity contribution in [3.05, 3.63) is 0 Å². The molecule has 0 aliphatic rings. The Morgan fingerprint density at radius 1 is 0.857 bits per heavy atom. The van der Waals surface area contributed by atoms with Crippen LogP contribution in [-0.2, 0) is 19.0 Å². The van der Waals surface area contributed by atoms with Crippen molar-refractivity contribution in [3.8, 4) is 0 Å². The smallest absolute Gasteiger partial charge is 0.417 e. The van der Waals surface area contributed by atoms with Gasteiger partial charge < -0.3 is 24.6 Å². The second-order valence-electron chi connectivity index (χ2n) is 10.9. The molecular formula is C23H42N4O8. The lowest BCUT2D eigenvalue weighted by atomic mass is 10.1. The number of carbonyl (C=O) groups is 4. The second-order valence-corrected chi connectivity index (χ2v) is 10.9. The molecule has 0 fully saturated rings. The van der Waals surface area contributed by atoms with E-state index in [-0.39, 0.29) is 25.3 Å². The van der Waals surface area contributed by atoms with Crippen LogP contribution in [0, 0.1) is 0 Å². The number of aliphatic imine (C=N–C) groups is 1. The lowest BCUT2D eigenvalue weighted by Crippen LogP contribution is -2.51. The standard InChI is InChI=1S/C23H42N4O8/c1-21(2,3)33-18(30)25-15(16(28)29)13-12-14-27(20(32)35-23(7,8)9)17(24-10)26(11)19(31)34-22(4,5)6/h15H,12-14H2,1-11H3,(H,25,30)(H,28,29)/b24-17+. The van der Waals surface area contributed by atoms with E-state index < -0.39 is 47.1 Å². The number of aliphatic carboxylic acids is 1. The van der Waals surface area contributed by atoms with E-state index in [1.165, 1.54) is 14.1 Å². The predicted molar refractivity (Wildman–Crippen MR) is 130 cm³/mol. The molecule has 12 heteroatoms. The van der Waals surface area contributed by atoms with Gasteiger partial charge in [-0.2, -0.15) is 0 Å². The number of hydrogen-bond donors (Lipinski definition) is 2. The Morgan fingerprint density at radius 2 is 1.31 bits per heavy atom. The Morgan fingerprint density at radius 3 is 1.71 bits per heavy atom. The molecule has 0 bridgehead atoms. The number of ether oxygens (including phenoxy) is 3. The van der Waals surface area contributed by atoms with Crippen molar-refractivity contribution in [1.82, 2.24) is 15.1 Å². The van der Waals surface area contributed by atoms with E-state index in [2.05, 4.69) is 10.3 Å². The van der Waals surface area contributed by atoms with Gasteiger partial charge in [0.1, 0.15) is 22.8 Å². The Kier molecular flexibility index (Phi) is 11.5. The van der Waals surface area contributed by atoms with Gasteiger partial charge in [0, 0.05) is 20.6 Å². The fourth-order valence-corrected chi connectivity index (χ4v) is 2.61. The molecule has 0 spiro atoms. The fourth-order valence-electron chi connectivity index (χ4n) is 2.61. The first-order chi connectivity index (χ1) is 15.7. The summed E-state index contributed by atoms with van der Waals surface area (Å²) in [4.78, 5) is 55.5. The largest absolute Gasteiger partial charge is 0.480 e. The minimum atomic E-state index is -1.25. The van der Waals surface area contributed by atoms with Gasteiger partial charge in [-0.15, -0.1) is 0 Å². The Labute approximate surface area is 208 Å². The minimum absolute atomic E-state index is 0.0268. The summed E-state index contributed by atoms with van der Waals surface area (Å²) in [6.45, 7) is 15.1. The summed E-state index contributed by atoms with van der Waals surface area (Å²) in [5, 5.41) is 11.8. The van der Waals surface area contributed by atoms with Crippen LogP contribution >= 0.6 is 0 Å². The molecule has 12 nitrogen and oxygen atoms in total. The minimum Gasteiger partial charge on any atom is -0.480 e. The molecule has 1 unspecified atom stereocenters. The van der Waals surface area contributed by atoms with Crippen LogP contribution in [0.4, 0.5) is 14.4 Å². The van der Waals surface area contributed by atoms with Gasteiger partial charge in [0.25, 0.3) is 0 Å².